The first kappa shape index (κ1) is 21.3. The summed E-state index contributed by atoms with van der Waals surface area (Å²) in [6.07, 6.45) is 3.33. The van der Waals surface area contributed by atoms with Crippen molar-refractivity contribution in [1.82, 2.24) is 10.3 Å². The van der Waals surface area contributed by atoms with Gasteiger partial charge in [-0.05, 0) is 69.0 Å². The predicted molar refractivity (Wildman–Crippen MR) is 123 cm³/mol. The van der Waals surface area contributed by atoms with Crippen LogP contribution >= 0.6 is 0 Å². The zero-order valence-electron chi connectivity index (χ0n) is 17.9. The van der Waals surface area contributed by atoms with Crippen LogP contribution < -0.4 is 15.5 Å². The van der Waals surface area contributed by atoms with E-state index in [-0.39, 0.29) is 0 Å². The van der Waals surface area contributed by atoms with Gasteiger partial charge in [-0.2, -0.15) is 5.26 Å². The molecule has 0 aliphatic carbocycles. The number of alkyl halides is 1. The Hall–Kier alpha value is -2.98. The van der Waals surface area contributed by atoms with Gasteiger partial charge in [0, 0.05) is 31.4 Å². The van der Waals surface area contributed by atoms with Gasteiger partial charge in [-0.25, -0.2) is 9.37 Å². The van der Waals surface area contributed by atoms with Crippen molar-refractivity contribution in [2.24, 2.45) is 5.92 Å². The van der Waals surface area contributed by atoms with Gasteiger partial charge in [-0.3, -0.25) is 0 Å². The minimum absolute atomic E-state index is 0.454. The number of aromatic nitrogens is 1. The molecule has 2 saturated heterocycles. The summed E-state index contributed by atoms with van der Waals surface area (Å²) in [7, 11) is 0. The molecule has 0 amide bonds. The first-order chi connectivity index (χ1) is 15.0. The molecule has 1 atom stereocenters. The number of halogens is 1. The average molecular weight is 421 g/mol. The number of pyridine rings is 1. The molecule has 0 radical (unpaired) electrons. The number of nitriles is 1. The summed E-state index contributed by atoms with van der Waals surface area (Å²) in [5.74, 6) is 1.33. The zero-order valence-corrected chi connectivity index (χ0v) is 17.9. The minimum Gasteiger partial charge on any atom is -0.383 e. The Balaban J connectivity index is 1.70. The molecule has 0 bridgehead atoms. The number of rotatable bonds is 6. The minimum atomic E-state index is -1.15. The number of benzene rings is 1. The zero-order chi connectivity index (χ0) is 21.8. The molecule has 7 heteroatoms. The summed E-state index contributed by atoms with van der Waals surface area (Å²) in [6, 6.07) is 11.7. The molecule has 2 aromatic rings. The van der Waals surface area contributed by atoms with E-state index in [4.69, 9.17) is 15.7 Å². The molecular weight excluding hydrogens is 391 g/mol. The largest absolute Gasteiger partial charge is 0.383 e. The Morgan fingerprint density at radius 2 is 2.10 bits per heavy atom. The molecule has 1 aromatic carbocycles. The summed E-state index contributed by atoms with van der Waals surface area (Å²) >= 11 is 0. The van der Waals surface area contributed by atoms with E-state index in [9.17, 15) is 4.39 Å². The van der Waals surface area contributed by atoms with Gasteiger partial charge in [0.25, 0.3) is 0 Å². The van der Waals surface area contributed by atoms with Crippen LogP contribution in [0.4, 0.5) is 15.9 Å². The van der Waals surface area contributed by atoms with Crippen LogP contribution in [0.3, 0.4) is 0 Å². The van der Waals surface area contributed by atoms with Crippen LogP contribution in [0.15, 0.2) is 30.3 Å². The van der Waals surface area contributed by atoms with Gasteiger partial charge in [0.05, 0.1) is 17.3 Å². The van der Waals surface area contributed by atoms with Gasteiger partial charge < -0.3 is 20.9 Å². The summed E-state index contributed by atoms with van der Waals surface area (Å²) in [5.41, 5.74) is 2.77. The monoisotopic (exact) mass is 420 g/mol. The van der Waals surface area contributed by atoms with Crippen molar-refractivity contribution < 1.29 is 4.39 Å². The van der Waals surface area contributed by atoms with E-state index in [1.807, 2.05) is 12.1 Å². The Kier molecular flexibility index (Phi) is 6.19. The van der Waals surface area contributed by atoms with Gasteiger partial charge in [-0.15, -0.1) is 0 Å². The smallest absolute Gasteiger partial charge is 0.137 e. The fourth-order valence-corrected chi connectivity index (χ4v) is 4.27. The van der Waals surface area contributed by atoms with E-state index in [1.165, 1.54) is 6.21 Å². The Labute approximate surface area is 183 Å². The van der Waals surface area contributed by atoms with Crippen LogP contribution in [0.25, 0.3) is 11.1 Å². The van der Waals surface area contributed by atoms with Crippen molar-refractivity contribution in [1.29, 1.82) is 10.7 Å². The molecule has 4 rings (SSSR count). The van der Waals surface area contributed by atoms with Gasteiger partial charge in [0.15, 0.2) is 0 Å². The molecule has 0 spiro atoms. The van der Waals surface area contributed by atoms with Crippen LogP contribution in [0.2, 0.25) is 0 Å². The Morgan fingerprint density at radius 1 is 1.35 bits per heavy atom. The van der Waals surface area contributed by atoms with Crippen LogP contribution in [-0.4, -0.2) is 49.6 Å². The van der Waals surface area contributed by atoms with Crippen molar-refractivity contribution in [3.8, 4) is 17.2 Å². The summed E-state index contributed by atoms with van der Waals surface area (Å²) in [5, 5.41) is 23.9. The van der Waals surface area contributed by atoms with E-state index < -0.39 is 5.67 Å². The average Bonchev–Trinajstić information content (AvgIpc) is 3.31. The van der Waals surface area contributed by atoms with E-state index in [0.717, 1.165) is 48.7 Å². The standard InChI is InChI=1S/C24H29FN6/c1-24(25)7-10-31(11-8-24)23-20(19-4-2-17(13-26)3-5-19)12-21(22(14-27)30-23)29-16-18-6-9-28-15-18/h2-5,12,14,18,27-29H,6-11,15-16H2,1H3/t18-/m0/s1. The molecule has 1 aromatic heterocycles. The van der Waals surface area contributed by atoms with Crippen LogP contribution in [-0.2, 0) is 0 Å². The lowest BCUT2D eigenvalue weighted by atomic mass is 9.94. The molecule has 3 N–H and O–H groups in total. The maximum atomic E-state index is 14.4. The molecule has 2 fully saturated rings. The highest BCUT2D eigenvalue weighted by Crippen LogP contribution is 2.36. The lowest BCUT2D eigenvalue weighted by Crippen LogP contribution is -2.40. The lowest BCUT2D eigenvalue weighted by molar-refractivity contribution is 0.149. The van der Waals surface area contributed by atoms with Crippen molar-refractivity contribution in [2.75, 3.05) is 42.9 Å². The maximum Gasteiger partial charge on any atom is 0.137 e. The predicted octanol–water partition coefficient (Wildman–Crippen LogP) is 3.97. The van der Waals surface area contributed by atoms with Crippen LogP contribution in [0.5, 0.6) is 0 Å². The highest BCUT2D eigenvalue weighted by atomic mass is 19.1. The van der Waals surface area contributed by atoms with E-state index >= 15 is 0 Å². The molecule has 0 unspecified atom stereocenters. The van der Waals surface area contributed by atoms with Crippen molar-refractivity contribution in [2.45, 2.75) is 31.9 Å². The number of hydrogen-bond donors (Lipinski definition) is 3. The van der Waals surface area contributed by atoms with Crippen molar-refractivity contribution >= 4 is 17.7 Å². The van der Waals surface area contributed by atoms with Gasteiger partial charge in [0.2, 0.25) is 0 Å². The number of nitrogens with zero attached hydrogens (tertiary/aromatic N) is 3. The van der Waals surface area contributed by atoms with Gasteiger partial charge in [-0.1, -0.05) is 12.1 Å². The fourth-order valence-electron chi connectivity index (χ4n) is 4.27. The molecule has 0 saturated carbocycles. The van der Waals surface area contributed by atoms with Gasteiger partial charge in [0.1, 0.15) is 17.2 Å². The SMILES string of the molecule is CC1(F)CCN(c2nc(C=N)c(NC[C@H]3CCNC3)cc2-c2ccc(C#N)cc2)CC1. The van der Waals surface area contributed by atoms with E-state index in [2.05, 4.69) is 27.7 Å². The highest BCUT2D eigenvalue weighted by molar-refractivity contribution is 5.89. The third-order valence-electron chi connectivity index (χ3n) is 6.34. The number of hydrogen-bond acceptors (Lipinski definition) is 6. The maximum absolute atomic E-state index is 14.4. The third kappa shape index (κ3) is 4.86. The molecule has 162 valence electrons. The second-order valence-electron chi connectivity index (χ2n) is 8.77. The van der Waals surface area contributed by atoms with E-state index in [1.54, 1.807) is 19.1 Å². The number of nitrogens with one attached hydrogen (secondary N) is 3. The second kappa shape index (κ2) is 9.03. The van der Waals surface area contributed by atoms with Crippen molar-refractivity contribution in [3.63, 3.8) is 0 Å². The van der Waals surface area contributed by atoms with E-state index in [0.29, 0.717) is 43.1 Å². The fraction of sp³-hybridized carbons (Fsp3) is 0.458. The summed E-state index contributed by atoms with van der Waals surface area (Å²) < 4.78 is 14.4. The molecule has 3 heterocycles. The van der Waals surface area contributed by atoms with Crippen molar-refractivity contribution in [3.05, 3.63) is 41.6 Å². The first-order valence-electron chi connectivity index (χ1n) is 10.9. The third-order valence-corrected chi connectivity index (χ3v) is 6.34. The highest BCUT2D eigenvalue weighted by Gasteiger charge is 2.31. The Bertz CT molecular complexity index is 963. The summed E-state index contributed by atoms with van der Waals surface area (Å²) in [4.78, 5) is 6.96. The van der Waals surface area contributed by atoms with Gasteiger partial charge >= 0.3 is 0 Å². The number of piperidine rings is 1. The first-order valence-corrected chi connectivity index (χ1v) is 10.9. The summed E-state index contributed by atoms with van der Waals surface area (Å²) in [6.45, 7) is 5.69. The Morgan fingerprint density at radius 3 is 2.71 bits per heavy atom. The molecule has 6 nitrogen and oxygen atoms in total. The molecular formula is C24H29FN6. The molecule has 2 aliphatic rings. The lowest BCUT2D eigenvalue weighted by Gasteiger charge is -2.36. The normalized spacial score (nSPS) is 20.3. The molecule has 2 aliphatic heterocycles. The molecule has 31 heavy (non-hydrogen) atoms. The van der Waals surface area contributed by atoms with Crippen LogP contribution in [0.1, 0.15) is 37.4 Å². The number of anilines is 2. The second-order valence-corrected chi connectivity index (χ2v) is 8.77. The topological polar surface area (TPSA) is 87.8 Å². The quantitative estimate of drug-likeness (QED) is 0.616. The van der Waals surface area contributed by atoms with Crippen LogP contribution in [0, 0.1) is 22.7 Å².